The lowest BCUT2D eigenvalue weighted by molar-refractivity contribution is -0.117. The van der Waals surface area contributed by atoms with Crippen LogP contribution in [0.4, 0.5) is 11.6 Å². The average molecular weight is 469 g/mol. The molecule has 33 heavy (non-hydrogen) atoms. The highest BCUT2D eigenvalue weighted by Gasteiger charge is 2.32. The van der Waals surface area contributed by atoms with Gasteiger partial charge >= 0.3 is 0 Å². The van der Waals surface area contributed by atoms with Crippen molar-refractivity contribution in [1.82, 2.24) is 20.8 Å². The number of phenolic OH excluding ortho intramolecular Hbond substituents is 1. The number of anilines is 2. The summed E-state index contributed by atoms with van der Waals surface area (Å²) >= 11 is 0. The largest absolute Gasteiger partial charge is 0.507 e. The molecule has 1 fully saturated rings. The van der Waals surface area contributed by atoms with Gasteiger partial charge in [0.15, 0.2) is 0 Å². The summed E-state index contributed by atoms with van der Waals surface area (Å²) in [4.78, 5) is 20.4. The molecule has 0 aliphatic carbocycles. The maximum Gasteiger partial charge on any atom is 0.264 e. The van der Waals surface area contributed by atoms with E-state index in [0.717, 1.165) is 16.7 Å². The Balaban J connectivity index is 1.39. The second kappa shape index (κ2) is 9.14. The first kappa shape index (κ1) is 22.6. The number of sulfonamides is 1. The van der Waals surface area contributed by atoms with E-state index in [1.54, 1.807) is 6.07 Å². The fourth-order valence-corrected chi connectivity index (χ4v) is 4.63. The molecule has 10 nitrogen and oxygen atoms in total. The van der Waals surface area contributed by atoms with Gasteiger partial charge in [-0.25, -0.2) is 34.0 Å². The molecule has 172 valence electrons. The molecule has 2 aromatic carbocycles. The number of phenols is 1. The van der Waals surface area contributed by atoms with Gasteiger partial charge in [-0.05, 0) is 56.2 Å². The third-order valence-corrected chi connectivity index (χ3v) is 6.64. The van der Waals surface area contributed by atoms with E-state index in [4.69, 9.17) is 0 Å². The first-order valence-corrected chi connectivity index (χ1v) is 11.7. The molecule has 0 bridgehead atoms. The van der Waals surface area contributed by atoms with E-state index in [1.807, 2.05) is 26.0 Å². The number of hydrogen-bond donors (Lipinski definition) is 5. The molecule has 3 aromatic rings. The van der Waals surface area contributed by atoms with Gasteiger partial charge in [0.2, 0.25) is 11.9 Å². The molecule has 1 aliphatic heterocycles. The van der Waals surface area contributed by atoms with E-state index < -0.39 is 16.1 Å². The van der Waals surface area contributed by atoms with Gasteiger partial charge in [0.1, 0.15) is 11.8 Å². The lowest BCUT2D eigenvalue weighted by atomic mass is 9.96. The topological polar surface area (TPSA) is 145 Å². The maximum atomic E-state index is 12.7. The Morgan fingerprint density at radius 3 is 2.48 bits per heavy atom. The zero-order valence-corrected chi connectivity index (χ0v) is 18.8. The van der Waals surface area contributed by atoms with Gasteiger partial charge in [0, 0.05) is 23.6 Å². The number of aromatic hydroxyl groups is 1. The molecule has 2 heterocycles. The average Bonchev–Trinajstić information content (AvgIpc) is 3.27. The summed E-state index contributed by atoms with van der Waals surface area (Å²) in [6.07, 6.45) is 3.30. The second-order valence-corrected chi connectivity index (χ2v) is 9.52. The molecule has 1 aliphatic rings. The van der Waals surface area contributed by atoms with E-state index in [0.29, 0.717) is 12.1 Å². The third-order valence-electron chi connectivity index (χ3n) is 5.29. The van der Waals surface area contributed by atoms with Crippen LogP contribution in [0.3, 0.4) is 0 Å². The Bertz CT molecular complexity index is 1270. The minimum atomic E-state index is -3.86. The Morgan fingerprint density at radius 1 is 1.09 bits per heavy atom. The van der Waals surface area contributed by atoms with Crippen LogP contribution in [0.5, 0.6) is 5.75 Å². The van der Waals surface area contributed by atoms with E-state index in [1.165, 1.54) is 36.7 Å². The number of amides is 1. The molecule has 1 amide bonds. The van der Waals surface area contributed by atoms with Crippen molar-refractivity contribution in [2.24, 2.45) is 0 Å². The number of hydrazine groups is 1. The summed E-state index contributed by atoms with van der Waals surface area (Å²) in [7, 11) is -3.86. The van der Waals surface area contributed by atoms with Crippen LogP contribution in [0.25, 0.3) is 0 Å². The normalized spacial score (nSPS) is 18.1. The minimum Gasteiger partial charge on any atom is -0.507 e. The molecule has 2 unspecified atom stereocenters. The van der Waals surface area contributed by atoms with Crippen LogP contribution >= 0.6 is 0 Å². The van der Waals surface area contributed by atoms with Gasteiger partial charge in [-0.3, -0.25) is 4.79 Å². The van der Waals surface area contributed by atoms with Crippen LogP contribution in [0, 0.1) is 13.8 Å². The van der Waals surface area contributed by atoms with Gasteiger partial charge in [-0.15, -0.1) is 0 Å². The molecule has 1 aromatic heterocycles. The zero-order valence-electron chi connectivity index (χ0n) is 18.0. The molecule has 5 N–H and O–H groups in total. The molecular formula is C22H24N6O4S. The second-order valence-electron chi connectivity index (χ2n) is 7.84. The van der Waals surface area contributed by atoms with Crippen molar-refractivity contribution in [3.8, 4) is 5.75 Å². The highest BCUT2D eigenvalue weighted by Crippen LogP contribution is 2.33. The molecule has 2 atom stereocenters. The SMILES string of the molecule is Cc1cc(C)c(O)c(C2CC(C(=O)Nc3ccc(S(=O)(=O)Nc4ncccn4)cc3)NN2)c1. The Kier molecular flexibility index (Phi) is 6.27. The number of rotatable bonds is 6. The summed E-state index contributed by atoms with van der Waals surface area (Å²) in [6, 6.07) is 10.4. The standard InChI is InChI=1S/C22H24N6O4S/c1-13-10-14(2)20(29)17(11-13)18-12-19(27-26-18)21(30)25-15-4-6-16(7-5-15)33(31,32)28-22-23-8-3-9-24-22/h3-11,18-19,26-27,29H,12H2,1-2H3,(H,25,30)(H,23,24,28). The number of nitrogens with one attached hydrogen (secondary N) is 4. The fraction of sp³-hybridized carbons (Fsp3) is 0.227. The molecule has 1 saturated heterocycles. The lowest BCUT2D eigenvalue weighted by Gasteiger charge is -2.15. The van der Waals surface area contributed by atoms with Crippen molar-refractivity contribution < 1.29 is 18.3 Å². The maximum absolute atomic E-state index is 12.7. The van der Waals surface area contributed by atoms with Crippen LogP contribution in [0.2, 0.25) is 0 Å². The Morgan fingerprint density at radius 2 is 1.79 bits per heavy atom. The van der Waals surface area contributed by atoms with Crippen molar-refractivity contribution in [2.75, 3.05) is 10.0 Å². The number of carbonyl (C=O) groups is 1. The van der Waals surface area contributed by atoms with Gasteiger partial charge < -0.3 is 10.4 Å². The van der Waals surface area contributed by atoms with Gasteiger partial charge in [-0.1, -0.05) is 17.7 Å². The number of benzene rings is 2. The lowest BCUT2D eigenvalue weighted by Crippen LogP contribution is -2.39. The van der Waals surface area contributed by atoms with Crippen LogP contribution < -0.4 is 20.9 Å². The van der Waals surface area contributed by atoms with Crippen LogP contribution in [-0.2, 0) is 14.8 Å². The van der Waals surface area contributed by atoms with Crippen molar-refractivity contribution in [3.63, 3.8) is 0 Å². The quantitative estimate of drug-likeness (QED) is 0.370. The molecule has 0 radical (unpaired) electrons. The van der Waals surface area contributed by atoms with Crippen molar-refractivity contribution in [2.45, 2.75) is 37.2 Å². The van der Waals surface area contributed by atoms with E-state index in [-0.39, 0.29) is 28.5 Å². The Labute approximate surface area is 191 Å². The molecular weight excluding hydrogens is 444 g/mol. The summed E-state index contributed by atoms with van der Waals surface area (Å²) in [5.74, 6) is -0.0911. The van der Waals surface area contributed by atoms with E-state index >= 15 is 0 Å². The number of hydrogen-bond acceptors (Lipinski definition) is 8. The summed E-state index contributed by atoms with van der Waals surface area (Å²) in [6.45, 7) is 3.79. The highest BCUT2D eigenvalue weighted by molar-refractivity contribution is 7.92. The summed E-state index contributed by atoms with van der Waals surface area (Å²) < 4.78 is 27.2. The van der Waals surface area contributed by atoms with Crippen molar-refractivity contribution in [3.05, 3.63) is 71.5 Å². The third kappa shape index (κ3) is 5.11. The van der Waals surface area contributed by atoms with E-state index in [2.05, 4.69) is 30.9 Å². The van der Waals surface area contributed by atoms with E-state index in [9.17, 15) is 18.3 Å². The summed E-state index contributed by atoms with van der Waals surface area (Å²) in [5, 5.41) is 13.2. The first-order chi connectivity index (χ1) is 15.7. The minimum absolute atomic E-state index is 0.0129. The smallest absolute Gasteiger partial charge is 0.264 e. The van der Waals surface area contributed by atoms with Crippen LogP contribution in [-0.4, -0.2) is 35.4 Å². The van der Waals surface area contributed by atoms with Crippen LogP contribution in [0.1, 0.15) is 29.2 Å². The molecule has 11 heteroatoms. The molecule has 0 spiro atoms. The number of nitrogens with zero attached hydrogens (tertiary/aromatic N) is 2. The van der Waals surface area contributed by atoms with Gasteiger partial charge in [0.25, 0.3) is 10.0 Å². The fourth-order valence-electron chi connectivity index (χ4n) is 3.67. The zero-order chi connectivity index (χ0) is 23.6. The molecule has 0 saturated carbocycles. The summed E-state index contributed by atoms with van der Waals surface area (Å²) in [5.41, 5.74) is 9.02. The first-order valence-electron chi connectivity index (χ1n) is 10.2. The predicted molar refractivity (Wildman–Crippen MR) is 123 cm³/mol. The molecule has 4 rings (SSSR count). The van der Waals surface area contributed by atoms with Crippen molar-refractivity contribution in [1.29, 1.82) is 0 Å². The van der Waals surface area contributed by atoms with Crippen molar-refractivity contribution >= 4 is 27.6 Å². The number of aromatic nitrogens is 2. The van der Waals surface area contributed by atoms with Gasteiger partial charge in [-0.2, -0.15) is 0 Å². The number of aryl methyl sites for hydroxylation is 2. The Hall–Kier alpha value is -3.54. The predicted octanol–water partition coefficient (Wildman–Crippen LogP) is 2.15. The highest BCUT2D eigenvalue weighted by atomic mass is 32.2. The number of carbonyl (C=O) groups excluding carboxylic acids is 1. The monoisotopic (exact) mass is 468 g/mol. The van der Waals surface area contributed by atoms with Gasteiger partial charge in [0.05, 0.1) is 10.9 Å². The van der Waals surface area contributed by atoms with Crippen LogP contribution in [0.15, 0.2) is 59.8 Å².